The summed E-state index contributed by atoms with van der Waals surface area (Å²) >= 11 is 0. The van der Waals surface area contributed by atoms with Crippen LogP contribution in [0.2, 0.25) is 0 Å². The van der Waals surface area contributed by atoms with E-state index in [1.165, 1.54) is 0 Å². The molecule has 19 heavy (non-hydrogen) atoms. The number of Topliss-reactive ketones (excluding diaryl/α,β-unsaturated/α-hetero) is 1. The van der Waals surface area contributed by atoms with Crippen molar-refractivity contribution in [3.63, 3.8) is 0 Å². The molecule has 0 radical (unpaired) electrons. The van der Waals surface area contributed by atoms with Gasteiger partial charge >= 0.3 is 0 Å². The van der Waals surface area contributed by atoms with E-state index in [4.69, 9.17) is 4.42 Å². The lowest BCUT2D eigenvalue weighted by atomic mass is 9.71. The summed E-state index contributed by atoms with van der Waals surface area (Å²) in [5, 5.41) is 0. The van der Waals surface area contributed by atoms with E-state index in [-0.39, 0.29) is 11.3 Å². The number of rotatable bonds is 4. The van der Waals surface area contributed by atoms with E-state index >= 15 is 0 Å². The minimum Gasteiger partial charge on any atom is -0.465 e. The van der Waals surface area contributed by atoms with Crippen molar-refractivity contribution in [2.75, 3.05) is 13.6 Å². The number of hydrogen-bond donors (Lipinski definition) is 0. The maximum absolute atomic E-state index is 12.4. The van der Waals surface area contributed by atoms with Gasteiger partial charge in [0.1, 0.15) is 17.3 Å². The Balaban J connectivity index is 1.91. The van der Waals surface area contributed by atoms with Crippen LogP contribution in [0, 0.1) is 18.3 Å². The van der Waals surface area contributed by atoms with Gasteiger partial charge in [0.05, 0.1) is 6.54 Å². The first-order chi connectivity index (χ1) is 8.88. The quantitative estimate of drug-likeness (QED) is 0.834. The first-order valence-corrected chi connectivity index (χ1v) is 7.17. The molecule has 1 aromatic heterocycles. The van der Waals surface area contributed by atoms with E-state index in [1.807, 2.05) is 19.1 Å². The van der Waals surface area contributed by atoms with Gasteiger partial charge in [-0.15, -0.1) is 0 Å². The minimum atomic E-state index is -0.134. The van der Waals surface area contributed by atoms with E-state index < -0.39 is 0 Å². The zero-order chi connectivity index (χ0) is 14.0. The Morgan fingerprint density at radius 3 is 2.79 bits per heavy atom. The molecule has 0 aliphatic heterocycles. The Morgan fingerprint density at radius 2 is 2.16 bits per heavy atom. The van der Waals surface area contributed by atoms with Crippen LogP contribution < -0.4 is 0 Å². The van der Waals surface area contributed by atoms with Crippen LogP contribution in [0.15, 0.2) is 16.5 Å². The van der Waals surface area contributed by atoms with E-state index in [0.29, 0.717) is 5.78 Å². The molecule has 1 aliphatic rings. The van der Waals surface area contributed by atoms with Crippen LogP contribution in [0.5, 0.6) is 0 Å². The molecule has 1 unspecified atom stereocenters. The molecule has 0 amide bonds. The topological polar surface area (TPSA) is 33.5 Å². The lowest BCUT2D eigenvalue weighted by Crippen LogP contribution is -2.40. The van der Waals surface area contributed by atoms with Crippen molar-refractivity contribution in [3.05, 3.63) is 23.7 Å². The molecule has 1 aliphatic carbocycles. The highest BCUT2D eigenvalue weighted by atomic mass is 16.3. The van der Waals surface area contributed by atoms with Gasteiger partial charge in [0.25, 0.3) is 0 Å². The fraction of sp³-hybridized carbons (Fsp3) is 0.688. The lowest BCUT2D eigenvalue weighted by Gasteiger charge is -2.35. The van der Waals surface area contributed by atoms with E-state index in [1.54, 1.807) is 0 Å². The fourth-order valence-corrected chi connectivity index (χ4v) is 3.05. The molecule has 1 fully saturated rings. The molecule has 3 heteroatoms. The zero-order valence-corrected chi connectivity index (χ0v) is 12.5. The number of aryl methyl sites for hydroxylation is 1. The molecule has 1 heterocycles. The first kappa shape index (κ1) is 14.3. The van der Waals surface area contributed by atoms with Crippen LogP contribution in [0.3, 0.4) is 0 Å². The molecule has 2 rings (SSSR count). The average Bonchev–Trinajstić information content (AvgIpc) is 2.70. The van der Waals surface area contributed by atoms with Crippen LogP contribution >= 0.6 is 0 Å². The summed E-state index contributed by atoms with van der Waals surface area (Å²) in [6, 6.07) is 4.00. The number of carbonyl (C=O) groups excluding carboxylic acids is 1. The van der Waals surface area contributed by atoms with Gasteiger partial charge < -0.3 is 4.42 Å². The zero-order valence-electron chi connectivity index (χ0n) is 12.5. The predicted octanol–water partition coefficient (Wildman–Crippen LogP) is 3.42. The van der Waals surface area contributed by atoms with Gasteiger partial charge in [0.15, 0.2) is 0 Å². The van der Waals surface area contributed by atoms with Crippen molar-refractivity contribution in [2.45, 2.75) is 46.6 Å². The number of hydrogen-bond acceptors (Lipinski definition) is 3. The molecule has 106 valence electrons. The Bertz CT molecular complexity index is 447. The second-order valence-electron chi connectivity index (χ2n) is 6.55. The van der Waals surface area contributed by atoms with Crippen molar-refractivity contribution in [3.8, 4) is 0 Å². The highest BCUT2D eigenvalue weighted by molar-refractivity contribution is 5.87. The molecule has 0 aromatic carbocycles. The van der Waals surface area contributed by atoms with Gasteiger partial charge in [0.2, 0.25) is 0 Å². The third-order valence-electron chi connectivity index (χ3n) is 4.15. The molecule has 1 saturated carbocycles. The minimum absolute atomic E-state index is 0.134. The molecular formula is C16H25NO2. The van der Waals surface area contributed by atoms with Gasteiger partial charge in [-0.3, -0.25) is 9.69 Å². The van der Waals surface area contributed by atoms with Crippen molar-refractivity contribution in [1.29, 1.82) is 0 Å². The monoisotopic (exact) mass is 263 g/mol. The third kappa shape index (κ3) is 3.47. The van der Waals surface area contributed by atoms with Crippen molar-refractivity contribution in [1.82, 2.24) is 4.90 Å². The van der Waals surface area contributed by atoms with Gasteiger partial charge in [0, 0.05) is 17.9 Å². The predicted molar refractivity (Wildman–Crippen MR) is 75.9 cm³/mol. The number of carbonyl (C=O) groups is 1. The van der Waals surface area contributed by atoms with Crippen molar-refractivity contribution >= 4 is 5.78 Å². The van der Waals surface area contributed by atoms with Crippen LogP contribution in [-0.2, 0) is 11.3 Å². The van der Waals surface area contributed by atoms with Gasteiger partial charge in [-0.2, -0.15) is 0 Å². The molecular weight excluding hydrogens is 238 g/mol. The van der Waals surface area contributed by atoms with Crippen LogP contribution in [-0.4, -0.2) is 24.3 Å². The fourth-order valence-electron chi connectivity index (χ4n) is 3.05. The maximum Gasteiger partial charge on any atom is 0.142 e. The molecule has 0 N–H and O–H groups in total. The average molecular weight is 263 g/mol. The van der Waals surface area contributed by atoms with Gasteiger partial charge in [-0.25, -0.2) is 0 Å². The Labute approximate surface area is 116 Å². The molecule has 3 nitrogen and oxygen atoms in total. The Hall–Kier alpha value is -1.09. The second-order valence-corrected chi connectivity index (χ2v) is 6.55. The number of nitrogens with zero attached hydrogens (tertiary/aromatic N) is 1. The normalized spacial score (nSPS) is 23.0. The van der Waals surface area contributed by atoms with E-state index in [0.717, 1.165) is 43.9 Å². The van der Waals surface area contributed by atoms with E-state index in [9.17, 15) is 4.79 Å². The highest BCUT2D eigenvalue weighted by Gasteiger charge is 2.37. The van der Waals surface area contributed by atoms with Gasteiger partial charge in [-0.1, -0.05) is 20.3 Å². The van der Waals surface area contributed by atoms with Crippen LogP contribution in [0.4, 0.5) is 0 Å². The second kappa shape index (κ2) is 5.49. The Kier molecular flexibility index (Phi) is 4.14. The molecule has 0 saturated heterocycles. The van der Waals surface area contributed by atoms with Gasteiger partial charge in [-0.05, 0) is 38.9 Å². The summed E-state index contributed by atoms with van der Waals surface area (Å²) in [6.07, 6.45) is 3.23. The lowest BCUT2D eigenvalue weighted by molar-refractivity contribution is -0.134. The maximum atomic E-state index is 12.4. The highest BCUT2D eigenvalue weighted by Crippen LogP contribution is 2.35. The van der Waals surface area contributed by atoms with Crippen molar-refractivity contribution in [2.24, 2.45) is 11.3 Å². The molecule has 1 atom stereocenters. The first-order valence-electron chi connectivity index (χ1n) is 7.17. The van der Waals surface area contributed by atoms with E-state index in [2.05, 4.69) is 25.8 Å². The summed E-state index contributed by atoms with van der Waals surface area (Å²) in [7, 11) is 2.06. The third-order valence-corrected chi connectivity index (χ3v) is 4.15. The smallest absolute Gasteiger partial charge is 0.142 e. The summed E-state index contributed by atoms with van der Waals surface area (Å²) in [6.45, 7) is 7.73. The van der Waals surface area contributed by atoms with Crippen LogP contribution in [0.1, 0.15) is 44.6 Å². The summed E-state index contributed by atoms with van der Waals surface area (Å²) in [5.41, 5.74) is -0.134. The number of ketones is 1. The summed E-state index contributed by atoms with van der Waals surface area (Å²) in [4.78, 5) is 14.6. The molecule has 0 bridgehead atoms. The summed E-state index contributed by atoms with van der Waals surface area (Å²) < 4.78 is 5.58. The molecule has 1 aromatic rings. The summed E-state index contributed by atoms with van der Waals surface area (Å²) in [5.74, 6) is 2.53. The largest absolute Gasteiger partial charge is 0.465 e. The van der Waals surface area contributed by atoms with Crippen LogP contribution in [0.25, 0.3) is 0 Å². The number of furan rings is 1. The SMILES string of the molecule is Cc1ccc(CN(C)CC2CCCC(C)(C)C2=O)o1. The van der Waals surface area contributed by atoms with Crippen molar-refractivity contribution < 1.29 is 9.21 Å². The standard InChI is InChI=1S/C16H25NO2/c1-12-7-8-14(19-12)11-17(4)10-13-6-5-9-16(2,3)15(13)18/h7-8,13H,5-6,9-11H2,1-4H3. The molecule has 0 spiro atoms. The Morgan fingerprint density at radius 1 is 1.42 bits per heavy atom.